The van der Waals surface area contributed by atoms with Gasteiger partial charge in [0.1, 0.15) is 6.61 Å². The molecular weight excluding hydrogens is 342 g/mol. The zero-order valence-corrected chi connectivity index (χ0v) is 16.0. The second-order valence-electron chi connectivity index (χ2n) is 5.97. The number of carbonyl (C=O) groups is 1. The average Bonchev–Trinajstić information content (AvgIpc) is 2.58. The molecule has 0 atom stereocenters. The Bertz CT molecular complexity index is 589. The zero-order valence-electron chi connectivity index (χ0n) is 15.1. The first-order chi connectivity index (χ1) is 11.9. The van der Waals surface area contributed by atoms with E-state index in [9.17, 15) is 13.2 Å². The van der Waals surface area contributed by atoms with Crippen LogP contribution in [0.15, 0.2) is 30.3 Å². The topological polar surface area (TPSA) is 72.9 Å². The highest BCUT2D eigenvalue weighted by molar-refractivity contribution is 7.85. The Morgan fingerprint density at radius 3 is 2.36 bits per heavy atom. The van der Waals surface area contributed by atoms with Crippen LogP contribution in [0.25, 0.3) is 0 Å². The largest absolute Gasteiger partial charge is 0.445 e. The number of amides is 1. The number of rotatable bonds is 12. The van der Waals surface area contributed by atoms with Gasteiger partial charge in [0.25, 0.3) is 10.1 Å². The summed E-state index contributed by atoms with van der Waals surface area (Å²) in [6.45, 7) is 3.00. The predicted octanol–water partition coefficient (Wildman–Crippen LogP) is 3.57. The molecular formula is C18H29NO5S. The summed E-state index contributed by atoms with van der Waals surface area (Å²) >= 11 is 0. The van der Waals surface area contributed by atoms with E-state index in [0.29, 0.717) is 6.54 Å². The van der Waals surface area contributed by atoms with Crippen LogP contribution in [0.2, 0.25) is 0 Å². The predicted molar refractivity (Wildman–Crippen MR) is 97.8 cm³/mol. The van der Waals surface area contributed by atoms with Crippen molar-refractivity contribution in [3.8, 4) is 0 Å². The minimum absolute atomic E-state index is 0.0613. The molecule has 1 aromatic carbocycles. The molecule has 1 amide bonds. The Morgan fingerprint density at radius 2 is 1.72 bits per heavy atom. The molecule has 0 aliphatic heterocycles. The fourth-order valence-corrected chi connectivity index (χ4v) is 2.69. The van der Waals surface area contributed by atoms with Gasteiger partial charge in [-0.2, -0.15) is 8.42 Å². The van der Waals surface area contributed by atoms with Crippen LogP contribution >= 0.6 is 0 Å². The molecule has 0 saturated heterocycles. The molecule has 0 bridgehead atoms. The number of carbonyl (C=O) groups excluding carboxylic acids is 1. The van der Waals surface area contributed by atoms with Crippen molar-refractivity contribution in [3.05, 3.63) is 35.9 Å². The second kappa shape index (κ2) is 11.9. The van der Waals surface area contributed by atoms with E-state index in [4.69, 9.17) is 8.92 Å². The van der Waals surface area contributed by atoms with Crippen LogP contribution in [0.3, 0.4) is 0 Å². The average molecular weight is 371 g/mol. The molecule has 1 aromatic rings. The number of nitrogens with zero attached hydrogens (tertiary/aromatic N) is 1. The number of ether oxygens (including phenoxy) is 1. The Labute approximate surface area is 151 Å². The van der Waals surface area contributed by atoms with E-state index in [1.807, 2.05) is 30.3 Å². The summed E-state index contributed by atoms with van der Waals surface area (Å²) in [6.07, 6.45) is 5.90. The highest BCUT2D eigenvalue weighted by Gasteiger charge is 2.16. The molecule has 142 valence electrons. The van der Waals surface area contributed by atoms with Crippen LogP contribution < -0.4 is 0 Å². The zero-order chi connectivity index (χ0) is 18.5. The lowest BCUT2D eigenvalue weighted by atomic mass is 10.1. The first kappa shape index (κ1) is 21.4. The van der Waals surface area contributed by atoms with Gasteiger partial charge in [-0.15, -0.1) is 0 Å². The van der Waals surface area contributed by atoms with Crippen LogP contribution in [-0.4, -0.2) is 45.4 Å². The van der Waals surface area contributed by atoms with E-state index in [-0.39, 0.29) is 19.8 Å². The molecule has 0 spiro atoms. The van der Waals surface area contributed by atoms with Gasteiger partial charge in [-0.05, 0) is 12.0 Å². The van der Waals surface area contributed by atoms with Crippen molar-refractivity contribution in [2.24, 2.45) is 0 Å². The molecule has 0 unspecified atom stereocenters. The molecule has 1 rings (SSSR count). The van der Waals surface area contributed by atoms with Crippen molar-refractivity contribution in [1.29, 1.82) is 0 Å². The Hall–Kier alpha value is -1.60. The minimum atomic E-state index is -3.51. The van der Waals surface area contributed by atoms with Gasteiger partial charge in [0.05, 0.1) is 12.9 Å². The SMILES string of the molecule is CCCCCCCN(CCOS(C)(=O)=O)C(=O)OCc1ccccc1. The highest BCUT2D eigenvalue weighted by atomic mass is 32.2. The van der Waals surface area contributed by atoms with Gasteiger partial charge < -0.3 is 9.64 Å². The van der Waals surface area contributed by atoms with Crippen LogP contribution in [0, 0.1) is 0 Å². The van der Waals surface area contributed by atoms with Crippen LogP contribution in [-0.2, 0) is 25.6 Å². The monoisotopic (exact) mass is 371 g/mol. The van der Waals surface area contributed by atoms with Gasteiger partial charge in [0, 0.05) is 13.1 Å². The summed E-state index contributed by atoms with van der Waals surface area (Å²) in [7, 11) is -3.51. The maximum atomic E-state index is 12.3. The molecule has 7 heteroatoms. The quantitative estimate of drug-likeness (QED) is 0.415. The van der Waals surface area contributed by atoms with Gasteiger partial charge in [0.2, 0.25) is 0 Å². The van der Waals surface area contributed by atoms with E-state index >= 15 is 0 Å². The van der Waals surface area contributed by atoms with Crippen molar-refractivity contribution >= 4 is 16.2 Å². The summed E-state index contributed by atoms with van der Waals surface area (Å²) in [6, 6.07) is 9.43. The molecule has 0 aromatic heterocycles. The lowest BCUT2D eigenvalue weighted by molar-refractivity contribution is 0.0900. The van der Waals surface area contributed by atoms with Crippen LogP contribution in [0.1, 0.15) is 44.6 Å². The summed E-state index contributed by atoms with van der Waals surface area (Å²) in [5.41, 5.74) is 0.908. The normalized spacial score (nSPS) is 11.3. The molecule has 25 heavy (non-hydrogen) atoms. The third-order valence-electron chi connectivity index (χ3n) is 3.65. The van der Waals surface area contributed by atoms with Crippen LogP contribution in [0.4, 0.5) is 4.79 Å². The smallest absolute Gasteiger partial charge is 0.410 e. The van der Waals surface area contributed by atoms with Crippen LogP contribution in [0.5, 0.6) is 0 Å². The Morgan fingerprint density at radius 1 is 1.04 bits per heavy atom. The first-order valence-electron chi connectivity index (χ1n) is 8.72. The molecule has 0 aliphatic rings. The molecule has 0 radical (unpaired) electrons. The van der Waals surface area contributed by atoms with Gasteiger partial charge in [0.15, 0.2) is 0 Å². The summed E-state index contributed by atoms with van der Waals surface area (Å²) in [4.78, 5) is 13.8. The molecule has 0 heterocycles. The lowest BCUT2D eigenvalue weighted by Crippen LogP contribution is -2.35. The van der Waals surface area contributed by atoms with Crippen molar-refractivity contribution in [3.63, 3.8) is 0 Å². The molecule has 0 aliphatic carbocycles. The maximum absolute atomic E-state index is 12.3. The third kappa shape index (κ3) is 10.8. The molecule has 0 N–H and O–H groups in total. The number of benzene rings is 1. The van der Waals surface area contributed by atoms with E-state index in [1.165, 1.54) is 11.3 Å². The fourth-order valence-electron chi connectivity index (χ4n) is 2.31. The Kier molecular flexibility index (Phi) is 10.2. The molecule has 0 saturated carbocycles. The van der Waals surface area contributed by atoms with Crippen molar-refractivity contribution in [2.45, 2.75) is 45.6 Å². The molecule has 0 fully saturated rings. The van der Waals surface area contributed by atoms with E-state index in [2.05, 4.69) is 6.92 Å². The van der Waals surface area contributed by atoms with E-state index in [1.54, 1.807) is 0 Å². The molecule has 6 nitrogen and oxygen atoms in total. The van der Waals surface area contributed by atoms with Gasteiger partial charge in [-0.1, -0.05) is 62.9 Å². The summed E-state index contributed by atoms with van der Waals surface area (Å²) in [5.74, 6) is 0. The van der Waals surface area contributed by atoms with E-state index < -0.39 is 16.2 Å². The van der Waals surface area contributed by atoms with Gasteiger partial charge >= 0.3 is 6.09 Å². The van der Waals surface area contributed by atoms with Crippen molar-refractivity contribution in [2.75, 3.05) is 26.0 Å². The summed E-state index contributed by atoms with van der Waals surface area (Å²) < 4.78 is 32.2. The Balaban J connectivity index is 2.47. The highest BCUT2D eigenvalue weighted by Crippen LogP contribution is 2.07. The van der Waals surface area contributed by atoms with Gasteiger partial charge in [-0.25, -0.2) is 4.79 Å². The second-order valence-corrected chi connectivity index (χ2v) is 7.61. The first-order valence-corrected chi connectivity index (χ1v) is 10.5. The minimum Gasteiger partial charge on any atom is -0.445 e. The van der Waals surface area contributed by atoms with E-state index in [0.717, 1.165) is 37.5 Å². The lowest BCUT2D eigenvalue weighted by Gasteiger charge is -2.22. The maximum Gasteiger partial charge on any atom is 0.410 e. The standard InChI is InChI=1S/C18H29NO5S/c1-3-4-5-6-10-13-19(14-15-24-25(2,21)22)18(20)23-16-17-11-8-7-9-12-17/h7-9,11-12H,3-6,10,13-16H2,1-2H3. The summed E-state index contributed by atoms with van der Waals surface area (Å²) in [5, 5.41) is 0. The fraction of sp³-hybridized carbons (Fsp3) is 0.611. The van der Waals surface area contributed by atoms with Gasteiger partial charge in [-0.3, -0.25) is 4.18 Å². The van der Waals surface area contributed by atoms with Crippen molar-refractivity contribution < 1.29 is 22.1 Å². The number of hydrogen-bond donors (Lipinski definition) is 0. The third-order valence-corrected chi connectivity index (χ3v) is 4.25. The van der Waals surface area contributed by atoms with Crippen molar-refractivity contribution in [1.82, 2.24) is 4.90 Å². The number of unbranched alkanes of at least 4 members (excludes halogenated alkanes) is 4. The number of hydrogen-bond acceptors (Lipinski definition) is 5.